The first kappa shape index (κ1) is 13.9. The van der Waals surface area contributed by atoms with Crippen molar-refractivity contribution in [2.75, 3.05) is 13.2 Å². The fraction of sp³-hybridized carbons (Fsp3) is 0.818. The number of ether oxygens (including phenoxy) is 2. The zero-order chi connectivity index (χ0) is 11.9. The van der Waals surface area contributed by atoms with Crippen LogP contribution < -0.4 is 0 Å². The molecule has 0 aliphatic rings. The van der Waals surface area contributed by atoms with Gasteiger partial charge in [0.05, 0.1) is 25.0 Å². The van der Waals surface area contributed by atoms with E-state index in [2.05, 4.69) is 0 Å². The molecule has 1 atom stereocenters. The standard InChI is InChI=1S/C11H20O4/c1-5-11(4,10(13)15-7-3)8-9(12)14-6-2/h5-8H2,1-4H3. The summed E-state index contributed by atoms with van der Waals surface area (Å²) < 4.78 is 9.75. The average molecular weight is 216 g/mol. The lowest BCUT2D eigenvalue weighted by Gasteiger charge is -2.24. The van der Waals surface area contributed by atoms with Gasteiger partial charge in [0.25, 0.3) is 0 Å². The minimum Gasteiger partial charge on any atom is -0.466 e. The van der Waals surface area contributed by atoms with Crippen LogP contribution >= 0.6 is 0 Å². The van der Waals surface area contributed by atoms with Gasteiger partial charge in [0.15, 0.2) is 0 Å². The van der Waals surface area contributed by atoms with Gasteiger partial charge in [-0.05, 0) is 27.2 Å². The summed E-state index contributed by atoms with van der Waals surface area (Å²) in [6, 6.07) is 0. The van der Waals surface area contributed by atoms with Crippen LogP contribution in [-0.2, 0) is 19.1 Å². The van der Waals surface area contributed by atoms with E-state index < -0.39 is 5.41 Å². The molecule has 0 amide bonds. The summed E-state index contributed by atoms with van der Waals surface area (Å²) in [6.07, 6.45) is 0.640. The van der Waals surface area contributed by atoms with E-state index in [0.29, 0.717) is 19.6 Å². The molecular formula is C11H20O4. The highest BCUT2D eigenvalue weighted by Crippen LogP contribution is 2.28. The minimum atomic E-state index is -0.762. The summed E-state index contributed by atoms with van der Waals surface area (Å²) in [5.41, 5.74) is -0.762. The highest BCUT2D eigenvalue weighted by atomic mass is 16.5. The van der Waals surface area contributed by atoms with Crippen molar-refractivity contribution >= 4 is 11.9 Å². The van der Waals surface area contributed by atoms with Crippen LogP contribution in [0.25, 0.3) is 0 Å². The maximum absolute atomic E-state index is 11.6. The molecule has 1 unspecified atom stereocenters. The van der Waals surface area contributed by atoms with E-state index in [1.165, 1.54) is 0 Å². The Bertz CT molecular complexity index is 225. The number of hydrogen-bond acceptors (Lipinski definition) is 4. The molecule has 0 aromatic heterocycles. The number of esters is 2. The topological polar surface area (TPSA) is 52.6 Å². The van der Waals surface area contributed by atoms with Crippen LogP contribution in [0.1, 0.15) is 40.5 Å². The SMILES string of the molecule is CCOC(=O)CC(C)(CC)C(=O)OCC. The summed E-state index contributed by atoms with van der Waals surface area (Å²) in [7, 11) is 0. The van der Waals surface area contributed by atoms with Crippen molar-refractivity contribution in [3.05, 3.63) is 0 Å². The van der Waals surface area contributed by atoms with E-state index in [-0.39, 0.29) is 18.4 Å². The highest BCUT2D eigenvalue weighted by molar-refractivity contribution is 5.83. The predicted molar refractivity (Wildman–Crippen MR) is 56.3 cm³/mol. The molecule has 0 heterocycles. The Hall–Kier alpha value is -1.06. The van der Waals surface area contributed by atoms with Gasteiger partial charge in [0.1, 0.15) is 0 Å². The van der Waals surface area contributed by atoms with Crippen molar-refractivity contribution in [2.45, 2.75) is 40.5 Å². The Morgan fingerprint density at radius 3 is 2.00 bits per heavy atom. The smallest absolute Gasteiger partial charge is 0.312 e. The third-order valence-electron chi connectivity index (χ3n) is 2.39. The predicted octanol–water partition coefficient (Wildman–Crippen LogP) is 1.92. The Morgan fingerprint density at radius 1 is 1.07 bits per heavy atom. The fourth-order valence-electron chi connectivity index (χ4n) is 1.18. The first-order chi connectivity index (χ1) is 7.00. The van der Waals surface area contributed by atoms with Gasteiger partial charge in [-0.25, -0.2) is 0 Å². The molecule has 0 saturated heterocycles. The summed E-state index contributed by atoms with van der Waals surface area (Å²) in [5.74, 6) is -0.685. The number of rotatable bonds is 6. The first-order valence-corrected chi connectivity index (χ1v) is 5.33. The van der Waals surface area contributed by atoms with Gasteiger partial charge in [-0.15, -0.1) is 0 Å². The quantitative estimate of drug-likeness (QED) is 0.636. The maximum atomic E-state index is 11.6. The molecule has 0 aliphatic carbocycles. The van der Waals surface area contributed by atoms with E-state index in [4.69, 9.17) is 9.47 Å². The molecule has 0 fully saturated rings. The monoisotopic (exact) mass is 216 g/mol. The van der Waals surface area contributed by atoms with Crippen molar-refractivity contribution in [3.63, 3.8) is 0 Å². The summed E-state index contributed by atoms with van der Waals surface area (Å²) in [4.78, 5) is 22.9. The van der Waals surface area contributed by atoms with Gasteiger partial charge < -0.3 is 9.47 Å². The largest absolute Gasteiger partial charge is 0.466 e. The zero-order valence-electron chi connectivity index (χ0n) is 9.96. The van der Waals surface area contributed by atoms with Crippen molar-refractivity contribution in [2.24, 2.45) is 5.41 Å². The molecule has 0 aromatic carbocycles. The second-order valence-corrected chi connectivity index (χ2v) is 3.62. The lowest BCUT2D eigenvalue weighted by molar-refractivity contribution is -0.161. The van der Waals surface area contributed by atoms with Crippen LogP contribution in [0.2, 0.25) is 0 Å². The molecule has 15 heavy (non-hydrogen) atoms. The van der Waals surface area contributed by atoms with Gasteiger partial charge in [0.2, 0.25) is 0 Å². The fourth-order valence-corrected chi connectivity index (χ4v) is 1.18. The molecule has 4 heteroatoms. The van der Waals surface area contributed by atoms with Crippen molar-refractivity contribution in [1.82, 2.24) is 0 Å². The van der Waals surface area contributed by atoms with Crippen LogP contribution in [0.5, 0.6) is 0 Å². The van der Waals surface area contributed by atoms with E-state index >= 15 is 0 Å². The Morgan fingerprint density at radius 2 is 1.60 bits per heavy atom. The number of carbonyl (C=O) groups is 2. The molecular weight excluding hydrogens is 196 g/mol. The molecule has 88 valence electrons. The first-order valence-electron chi connectivity index (χ1n) is 5.33. The second kappa shape index (κ2) is 6.43. The minimum absolute atomic E-state index is 0.0795. The van der Waals surface area contributed by atoms with Gasteiger partial charge >= 0.3 is 11.9 Å². The maximum Gasteiger partial charge on any atom is 0.312 e. The summed E-state index contributed by atoms with van der Waals surface area (Å²) in [6.45, 7) is 7.74. The van der Waals surface area contributed by atoms with Crippen LogP contribution in [0.3, 0.4) is 0 Å². The van der Waals surface area contributed by atoms with Crippen LogP contribution in [0, 0.1) is 5.41 Å². The lowest BCUT2D eigenvalue weighted by atomic mass is 9.84. The Labute approximate surface area is 90.9 Å². The molecule has 0 aliphatic heterocycles. The van der Waals surface area contributed by atoms with Crippen LogP contribution in [0.4, 0.5) is 0 Å². The molecule has 0 bridgehead atoms. The molecule has 0 N–H and O–H groups in total. The van der Waals surface area contributed by atoms with Gasteiger partial charge in [0, 0.05) is 0 Å². The second-order valence-electron chi connectivity index (χ2n) is 3.62. The Balaban J connectivity index is 4.42. The van der Waals surface area contributed by atoms with Gasteiger partial charge in [-0.2, -0.15) is 0 Å². The van der Waals surface area contributed by atoms with E-state index in [1.807, 2.05) is 6.92 Å². The third-order valence-corrected chi connectivity index (χ3v) is 2.39. The van der Waals surface area contributed by atoms with E-state index in [0.717, 1.165) is 0 Å². The van der Waals surface area contributed by atoms with Crippen LogP contribution in [-0.4, -0.2) is 25.2 Å². The Kier molecular flexibility index (Phi) is 5.97. The van der Waals surface area contributed by atoms with E-state index in [1.54, 1.807) is 20.8 Å². The number of hydrogen-bond donors (Lipinski definition) is 0. The van der Waals surface area contributed by atoms with Crippen LogP contribution in [0.15, 0.2) is 0 Å². The normalized spacial score (nSPS) is 14.1. The summed E-state index contributed by atoms with van der Waals surface area (Å²) >= 11 is 0. The molecule has 0 radical (unpaired) electrons. The number of carbonyl (C=O) groups excluding carboxylic acids is 2. The molecule has 4 nitrogen and oxygen atoms in total. The van der Waals surface area contributed by atoms with Crippen molar-refractivity contribution in [3.8, 4) is 0 Å². The van der Waals surface area contributed by atoms with E-state index in [9.17, 15) is 9.59 Å². The van der Waals surface area contributed by atoms with Crippen molar-refractivity contribution < 1.29 is 19.1 Å². The molecule has 0 saturated carbocycles. The highest BCUT2D eigenvalue weighted by Gasteiger charge is 2.35. The van der Waals surface area contributed by atoms with Gasteiger partial charge in [-0.3, -0.25) is 9.59 Å². The molecule has 0 rings (SSSR count). The average Bonchev–Trinajstić information content (AvgIpc) is 2.18. The lowest BCUT2D eigenvalue weighted by Crippen LogP contribution is -2.32. The molecule has 0 spiro atoms. The van der Waals surface area contributed by atoms with Gasteiger partial charge in [-0.1, -0.05) is 6.92 Å². The summed E-state index contributed by atoms with van der Waals surface area (Å²) in [5, 5.41) is 0. The zero-order valence-corrected chi connectivity index (χ0v) is 9.96. The van der Waals surface area contributed by atoms with Crippen molar-refractivity contribution in [1.29, 1.82) is 0 Å². The third kappa shape index (κ3) is 4.32. The molecule has 0 aromatic rings.